The maximum absolute atomic E-state index is 11.2. The number of carbonyl (C=O) groups is 2. The Morgan fingerprint density at radius 3 is 2.05 bits per heavy atom. The molecular formula is C12H8O7S. The highest BCUT2D eigenvalue weighted by molar-refractivity contribution is 7.86. The highest BCUT2D eigenvalue weighted by Crippen LogP contribution is 2.28. The van der Waals surface area contributed by atoms with Gasteiger partial charge in [0.1, 0.15) is 4.90 Å². The van der Waals surface area contributed by atoms with Crippen LogP contribution in [0.2, 0.25) is 0 Å². The molecule has 0 aliphatic rings. The van der Waals surface area contributed by atoms with Crippen LogP contribution < -0.4 is 0 Å². The third kappa shape index (κ3) is 2.22. The van der Waals surface area contributed by atoms with Gasteiger partial charge in [-0.25, -0.2) is 9.59 Å². The normalized spacial score (nSPS) is 11.4. The monoisotopic (exact) mass is 296 g/mol. The standard InChI is InChI=1S/C12H8O7S/c13-11(14)8-5-4-6-7(10(8)12(15)16)2-1-3-9(6)20(17,18)19/h1-5H,(H,13,14)(H,15,16)(H,17,18,19). The fourth-order valence-electron chi connectivity index (χ4n) is 1.96. The molecule has 0 bridgehead atoms. The van der Waals surface area contributed by atoms with Gasteiger partial charge < -0.3 is 10.2 Å². The fourth-order valence-corrected chi connectivity index (χ4v) is 2.67. The Kier molecular flexibility index (Phi) is 3.20. The molecule has 0 spiro atoms. The van der Waals surface area contributed by atoms with E-state index in [-0.39, 0.29) is 10.8 Å². The van der Waals surface area contributed by atoms with Crippen LogP contribution in [0.15, 0.2) is 35.2 Å². The molecule has 8 heteroatoms. The van der Waals surface area contributed by atoms with Gasteiger partial charge in [-0.05, 0) is 17.5 Å². The van der Waals surface area contributed by atoms with Crippen molar-refractivity contribution in [2.24, 2.45) is 0 Å². The quantitative estimate of drug-likeness (QED) is 0.731. The third-order valence-corrected chi connectivity index (χ3v) is 3.66. The van der Waals surface area contributed by atoms with Gasteiger partial charge in [0.05, 0.1) is 11.1 Å². The first-order chi connectivity index (χ1) is 9.23. The first kappa shape index (κ1) is 14.0. The average molecular weight is 296 g/mol. The highest BCUT2D eigenvalue weighted by atomic mass is 32.2. The summed E-state index contributed by atoms with van der Waals surface area (Å²) in [6, 6.07) is 5.74. The van der Waals surface area contributed by atoms with Crippen molar-refractivity contribution < 1.29 is 32.8 Å². The van der Waals surface area contributed by atoms with E-state index in [1.807, 2.05) is 0 Å². The lowest BCUT2D eigenvalue weighted by Crippen LogP contribution is -2.09. The number of aromatic carboxylic acids is 2. The van der Waals surface area contributed by atoms with Crippen molar-refractivity contribution >= 4 is 32.8 Å². The molecule has 0 saturated carbocycles. The summed E-state index contributed by atoms with van der Waals surface area (Å²) in [5, 5.41) is 18.0. The van der Waals surface area contributed by atoms with Gasteiger partial charge in [0.25, 0.3) is 10.1 Å². The van der Waals surface area contributed by atoms with Gasteiger partial charge in [-0.1, -0.05) is 18.2 Å². The Morgan fingerprint density at radius 2 is 1.55 bits per heavy atom. The lowest BCUT2D eigenvalue weighted by molar-refractivity contribution is 0.0653. The van der Waals surface area contributed by atoms with Crippen molar-refractivity contribution in [3.63, 3.8) is 0 Å². The zero-order valence-corrected chi connectivity index (χ0v) is 10.6. The minimum atomic E-state index is -4.55. The SMILES string of the molecule is O=C(O)c1ccc2c(S(=O)(=O)O)cccc2c1C(=O)O. The van der Waals surface area contributed by atoms with Crippen LogP contribution in [0.25, 0.3) is 10.8 Å². The molecule has 0 atom stereocenters. The second-order valence-corrected chi connectivity index (χ2v) is 5.31. The lowest BCUT2D eigenvalue weighted by Gasteiger charge is -2.09. The minimum Gasteiger partial charge on any atom is -0.478 e. The summed E-state index contributed by atoms with van der Waals surface area (Å²) in [5.74, 6) is -2.94. The Bertz CT molecular complexity index is 836. The van der Waals surface area contributed by atoms with E-state index in [4.69, 9.17) is 14.8 Å². The van der Waals surface area contributed by atoms with E-state index in [0.29, 0.717) is 0 Å². The van der Waals surface area contributed by atoms with Gasteiger partial charge in [-0.3, -0.25) is 4.55 Å². The van der Waals surface area contributed by atoms with E-state index in [2.05, 4.69) is 0 Å². The minimum absolute atomic E-state index is 0.0580. The Labute approximate surface area is 112 Å². The molecule has 2 aromatic rings. The number of benzene rings is 2. The number of hydrogen-bond donors (Lipinski definition) is 3. The van der Waals surface area contributed by atoms with E-state index in [1.54, 1.807) is 0 Å². The van der Waals surface area contributed by atoms with Gasteiger partial charge in [-0.2, -0.15) is 8.42 Å². The lowest BCUT2D eigenvalue weighted by atomic mass is 9.99. The van der Waals surface area contributed by atoms with Crippen molar-refractivity contribution in [2.45, 2.75) is 4.90 Å². The molecule has 0 aliphatic carbocycles. The van der Waals surface area contributed by atoms with Gasteiger partial charge in [-0.15, -0.1) is 0 Å². The van der Waals surface area contributed by atoms with Crippen molar-refractivity contribution in [3.8, 4) is 0 Å². The smallest absolute Gasteiger partial charge is 0.337 e. The Balaban J connectivity index is 3.01. The van der Waals surface area contributed by atoms with Crippen LogP contribution in [0.4, 0.5) is 0 Å². The van der Waals surface area contributed by atoms with E-state index >= 15 is 0 Å². The molecule has 0 amide bonds. The van der Waals surface area contributed by atoms with E-state index in [0.717, 1.165) is 18.2 Å². The van der Waals surface area contributed by atoms with E-state index in [1.165, 1.54) is 12.1 Å². The molecule has 0 radical (unpaired) electrons. The van der Waals surface area contributed by atoms with Crippen LogP contribution >= 0.6 is 0 Å². The molecule has 7 nitrogen and oxygen atoms in total. The second kappa shape index (κ2) is 4.58. The summed E-state index contributed by atoms with van der Waals surface area (Å²) in [5.41, 5.74) is -0.988. The number of carboxylic acids is 2. The summed E-state index contributed by atoms with van der Waals surface area (Å²) in [7, 11) is -4.55. The predicted molar refractivity (Wildman–Crippen MR) is 67.7 cm³/mol. The number of carboxylic acid groups (broad SMARTS) is 2. The molecule has 20 heavy (non-hydrogen) atoms. The fraction of sp³-hybridized carbons (Fsp3) is 0. The van der Waals surface area contributed by atoms with Crippen molar-refractivity contribution in [2.75, 3.05) is 0 Å². The Hall–Kier alpha value is -2.45. The molecule has 0 fully saturated rings. The first-order valence-corrected chi connectivity index (χ1v) is 6.67. The average Bonchev–Trinajstić information content (AvgIpc) is 2.34. The molecule has 2 aromatic carbocycles. The van der Waals surface area contributed by atoms with Crippen LogP contribution in [0.1, 0.15) is 20.7 Å². The van der Waals surface area contributed by atoms with Crippen LogP contribution in [0.3, 0.4) is 0 Å². The van der Waals surface area contributed by atoms with Crippen LogP contribution in [0, 0.1) is 0 Å². The van der Waals surface area contributed by atoms with E-state index < -0.39 is 38.1 Å². The second-order valence-electron chi connectivity index (χ2n) is 3.92. The summed E-state index contributed by atoms with van der Waals surface area (Å²) in [6.45, 7) is 0. The Morgan fingerprint density at radius 1 is 0.900 bits per heavy atom. The maximum atomic E-state index is 11.2. The molecule has 0 unspecified atom stereocenters. The van der Waals surface area contributed by atoms with Gasteiger partial charge in [0.2, 0.25) is 0 Å². The molecule has 0 saturated heterocycles. The zero-order valence-electron chi connectivity index (χ0n) is 9.77. The van der Waals surface area contributed by atoms with Crippen LogP contribution in [-0.4, -0.2) is 35.1 Å². The topological polar surface area (TPSA) is 129 Å². The molecule has 0 heterocycles. The van der Waals surface area contributed by atoms with Crippen LogP contribution in [0.5, 0.6) is 0 Å². The largest absolute Gasteiger partial charge is 0.478 e. The summed E-state index contributed by atoms with van der Waals surface area (Å²) in [6.07, 6.45) is 0. The van der Waals surface area contributed by atoms with Crippen molar-refractivity contribution in [1.29, 1.82) is 0 Å². The van der Waals surface area contributed by atoms with Gasteiger partial charge >= 0.3 is 11.9 Å². The maximum Gasteiger partial charge on any atom is 0.337 e. The van der Waals surface area contributed by atoms with Gasteiger partial charge in [0.15, 0.2) is 0 Å². The van der Waals surface area contributed by atoms with Crippen molar-refractivity contribution in [1.82, 2.24) is 0 Å². The molecule has 0 aromatic heterocycles. The van der Waals surface area contributed by atoms with Crippen LogP contribution in [-0.2, 0) is 10.1 Å². The number of rotatable bonds is 3. The molecule has 104 valence electrons. The number of fused-ring (bicyclic) bond motifs is 1. The van der Waals surface area contributed by atoms with Gasteiger partial charge in [0, 0.05) is 5.39 Å². The van der Waals surface area contributed by atoms with E-state index in [9.17, 15) is 18.0 Å². The zero-order chi connectivity index (χ0) is 15.1. The molecule has 2 rings (SSSR count). The highest BCUT2D eigenvalue weighted by Gasteiger charge is 2.22. The molecule has 0 aliphatic heterocycles. The first-order valence-electron chi connectivity index (χ1n) is 5.23. The van der Waals surface area contributed by atoms with Crippen molar-refractivity contribution in [3.05, 3.63) is 41.5 Å². The summed E-state index contributed by atoms with van der Waals surface area (Å²) in [4.78, 5) is 21.8. The third-order valence-electron chi connectivity index (χ3n) is 2.74. The number of hydrogen-bond acceptors (Lipinski definition) is 4. The molecular weight excluding hydrogens is 288 g/mol. The molecule has 3 N–H and O–H groups in total. The summed E-state index contributed by atoms with van der Waals surface area (Å²) < 4.78 is 31.6. The summed E-state index contributed by atoms with van der Waals surface area (Å²) >= 11 is 0. The predicted octanol–water partition coefficient (Wildman–Crippen LogP) is 1.48.